The molecule has 0 aliphatic rings. The zero-order valence-electron chi connectivity index (χ0n) is 17.0. The molecule has 2 aromatic heterocycles. The molecule has 3 aromatic rings. The van der Waals surface area contributed by atoms with Gasteiger partial charge in [0.25, 0.3) is 15.9 Å². The highest BCUT2D eigenvalue weighted by Crippen LogP contribution is 2.26. The summed E-state index contributed by atoms with van der Waals surface area (Å²) >= 11 is 0. The van der Waals surface area contributed by atoms with Gasteiger partial charge in [0.05, 0.1) is 17.0 Å². The van der Waals surface area contributed by atoms with Gasteiger partial charge in [0, 0.05) is 6.20 Å². The summed E-state index contributed by atoms with van der Waals surface area (Å²) in [5.41, 5.74) is 5.35. The van der Waals surface area contributed by atoms with Crippen molar-refractivity contribution < 1.29 is 23.1 Å². The zero-order valence-corrected chi connectivity index (χ0v) is 17.8. The monoisotopic (exact) mass is 430 g/mol. The van der Waals surface area contributed by atoms with Crippen molar-refractivity contribution in [1.29, 1.82) is 0 Å². The van der Waals surface area contributed by atoms with Crippen LogP contribution in [-0.4, -0.2) is 34.8 Å². The van der Waals surface area contributed by atoms with E-state index in [4.69, 9.17) is 5.11 Å². The Morgan fingerprint density at radius 3 is 2.50 bits per heavy atom. The summed E-state index contributed by atoms with van der Waals surface area (Å²) in [6.07, 6.45) is 1.36. The number of hydrazine groups is 1. The highest BCUT2D eigenvalue weighted by molar-refractivity contribution is 7.89. The summed E-state index contributed by atoms with van der Waals surface area (Å²) < 4.78 is 27.5. The molecule has 0 bridgehead atoms. The third-order valence-electron chi connectivity index (χ3n) is 4.88. The van der Waals surface area contributed by atoms with Gasteiger partial charge in [-0.15, -0.1) is 4.83 Å². The molecule has 2 heterocycles. The minimum Gasteiger partial charge on any atom is -0.481 e. The molecule has 0 fully saturated rings. The van der Waals surface area contributed by atoms with Gasteiger partial charge in [-0.25, -0.2) is 13.4 Å². The molecule has 3 N–H and O–H groups in total. The van der Waals surface area contributed by atoms with Crippen LogP contribution in [0.4, 0.5) is 0 Å². The Morgan fingerprint density at radius 2 is 1.83 bits per heavy atom. The molecule has 158 valence electrons. The number of rotatable bonds is 6. The number of nitrogens with zero attached hydrogens (tertiary/aromatic N) is 2. The molecule has 0 saturated carbocycles. The first-order valence-corrected chi connectivity index (χ1v) is 10.6. The second-order valence-electron chi connectivity index (χ2n) is 7.05. The number of hydrogen-bond donors (Lipinski definition) is 3. The van der Waals surface area contributed by atoms with E-state index >= 15 is 0 Å². The molecular weight excluding hydrogens is 408 g/mol. The highest BCUT2D eigenvalue weighted by Gasteiger charge is 2.25. The Hall–Kier alpha value is -3.24. The standard InChI is InChI=1S/C20H22N4O5S/c1-11-9-12(2)19(13(3)15(11)10-17(25)26)30(28,29)23-22-20(27)18-14(4)21-16-7-5-6-8-24(16)18/h5-9,23H,10H2,1-4H3,(H,22,27)(H,25,26). The lowest BCUT2D eigenvalue weighted by Crippen LogP contribution is -2.42. The first-order chi connectivity index (χ1) is 14.0. The number of imidazole rings is 1. The van der Waals surface area contributed by atoms with Crippen molar-refractivity contribution in [3.05, 3.63) is 64.1 Å². The van der Waals surface area contributed by atoms with E-state index in [-0.39, 0.29) is 17.0 Å². The second kappa shape index (κ2) is 7.88. The lowest BCUT2D eigenvalue weighted by Gasteiger charge is -2.17. The third-order valence-corrected chi connectivity index (χ3v) is 6.41. The number of hydrogen-bond acceptors (Lipinski definition) is 5. The molecule has 0 unspecified atom stereocenters. The normalized spacial score (nSPS) is 11.6. The maximum absolute atomic E-state index is 13.0. The molecule has 1 aromatic carbocycles. The van der Waals surface area contributed by atoms with E-state index in [1.165, 1.54) is 0 Å². The molecule has 0 saturated heterocycles. The fraction of sp³-hybridized carbons (Fsp3) is 0.250. The summed E-state index contributed by atoms with van der Waals surface area (Å²) in [6, 6.07) is 6.87. The number of sulfonamides is 1. The van der Waals surface area contributed by atoms with Gasteiger partial charge in [0.2, 0.25) is 0 Å². The van der Waals surface area contributed by atoms with Gasteiger partial charge in [0.1, 0.15) is 11.3 Å². The van der Waals surface area contributed by atoms with Crippen molar-refractivity contribution in [1.82, 2.24) is 19.6 Å². The van der Waals surface area contributed by atoms with E-state index in [2.05, 4.69) is 15.2 Å². The maximum atomic E-state index is 13.0. The number of pyridine rings is 1. The number of aryl methyl sites for hydroxylation is 3. The smallest absolute Gasteiger partial charge is 0.307 e. The predicted octanol–water partition coefficient (Wildman–Crippen LogP) is 1.82. The van der Waals surface area contributed by atoms with E-state index in [1.807, 2.05) is 0 Å². The van der Waals surface area contributed by atoms with Crippen LogP contribution in [0.1, 0.15) is 38.4 Å². The van der Waals surface area contributed by atoms with Crippen molar-refractivity contribution in [2.24, 2.45) is 0 Å². The number of amides is 1. The Bertz CT molecular complexity index is 1280. The summed E-state index contributed by atoms with van der Waals surface area (Å²) in [6.45, 7) is 6.57. The minimum atomic E-state index is -4.15. The quantitative estimate of drug-likeness (QED) is 0.512. The van der Waals surface area contributed by atoms with E-state index in [0.29, 0.717) is 33.6 Å². The molecule has 10 heteroatoms. The van der Waals surface area contributed by atoms with Crippen molar-refractivity contribution in [3.8, 4) is 0 Å². The number of carbonyl (C=O) groups is 2. The molecule has 0 aliphatic carbocycles. The number of benzene rings is 1. The number of carboxylic acids is 1. The summed E-state index contributed by atoms with van der Waals surface area (Å²) in [5.74, 6) is -1.72. The second-order valence-corrected chi connectivity index (χ2v) is 8.67. The summed E-state index contributed by atoms with van der Waals surface area (Å²) in [5, 5.41) is 9.14. The molecule has 0 atom stereocenters. The summed E-state index contributed by atoms with van der Waals surface area (Å²) in [7, 11) is -4.15. The van der Waals surface area contributed by atoms with E-state index in [0.717, 1.165) is 0 Å². The van der Waals surface area contributed by atoms with Crippen LogP contribution in [0.15, 0.2) is 35.4 Å². The van der Waals surface area contributed by atoms with Crippen molar-refractivity contribution >= 4 is 27.5 Å². The maximum Gasteiger partial charge on any atom is 0.307 e. The SMILES string of the molecule is Cc1cc(C)c(S(=O)(=O)NNC(=O)c2c(C)nc3ccccn23)c(C)c1CC(=O)O. The van der Waals surface area contributed by atoms with Gasteiger partial charge in [-0.1, -0.05) is 12.1 Å². The Morgan fingerprint density at radius 1 is 1.13 bits per heavy atom. The molecule has 0 aliphatic heterocycles. The number of carbonyl (C=O) groups excluding carboxylic acids is 1. The Balaban J connectivity index is 1.93. The Labute approximate surface area is 173 Å². The molecule has 9 nitrogen and oxygen atoms in total. The van der Waals surface area contributed by atoms with Crippen molar-refractivity contribution in [3.63, 3.8) is 0 Å². The lowest BCUT2D eigenvalue weighted by molar-refractivity contribution is -0.136. The fourth-order valence-corrected chi connectivity index (χ4v) is 4.99. The number of aromatic nitrogens is 2. The van der Waals surface area contributed by atoms with Gasteiger partial charge in [0.15, 0.2) is 0 Å². The van der Waals surface area contributed by atoms with Crippen LogP contribution in [0.25, 0.3) is 5.65 Å². The third kappa shape index (κ3) is 3.91. The largest absolute Gasteiger partial charge is 0.481 e. The van der Waals surface area contributed by atoms with Crippen LogP contribution in [0.5, 0.6) is 0 Å². The zero-order chi connectivity index (χ0) is 22.2. The molecule has 0 spiro atoms. The highest BCUT2D eigenvalue weighted by atomic mass is 32.2. The summed E-state index contributed by atoms with van der Waals surface area (Å²) in [4.78, 5) is 30.2. The van der Waals surface area contributed by atoms with Gasteiger partial charge in [-0.05, 0) is 62.1 Å². The topological polar surface area (TPSA) is 130 Å². The van der Waals surface area contributed by atoms with Crippen LogP contribution in [0.3, 0.4) is 0 Å². The van der Waals surface area contributed by atoms with E-state index in [9.17, 15) is 18.0 Å². The number of nitrogens with one attached hydrogen (secondary N) is 2. The number of carboxylic acid groups (broad SMARTS) is 1. The van der Waals surface area contributed by atoms with Crippen molar-refractivity contribution in [2.75, 3.05) is 0 Å². The van der Waals surface area contributed by atoms with Crippen LogP contribution in [0, 0.1) is 27.7 Å². The Kier molecular flexibility index (Phi) is 5.64. The number of aliphatic carboxylic acids is 1. The first kappa shape index (κ1) is 21.5. The van der Waals surface area contributed by atoms with Crippen LogP contribution in [0.2, 0.25) is 0 Å². The molecular formula is C20H22N4O5S. The van der Waals surface area contributed by atoms with E-state index < -0.39 is 21.9 Å². The van der Waals surface area contributed by atoms with Crippen LogP contribution >= 0.6 is 0 Å². The molecule has 3 rings (SSSR count). The average Bonchev–Trinajstić information content (AvgIpc) is 2.98. The molecule has 30 heavy (non-hydrogen) atoms. The van der Waals surface area contributed by atoms with Gasteiger partial charge < -0.3 is 5.11 Å². The molecule has 0 radical (unpaired) electrons. The van der Waals surface area contributed by atoms with Gasteiger partial charge in [-0.2, -0.15) is 0 Å². The minimum absolute atomic E-state index is 0.0560. The lowest BCUT2D eigenvalue weighted by atomic mass is 9.97. The van der Waals surface area contributed by atoms with Crippen LogP contribution < -0.4 is 10.3 Å². The number of fused-ring (bicyclic) bond motifs is 1. The van der Waals surface area contributed by atoms with Crippen LogP contribution in [-0.2, 0) is 21.2 Å². The average molecular weight is 430 g/mol. The molecule has 1 amide bonds. The predicted molar refractivity (Wildman–Crippen MR) is 110 cm³/mol. The fourth-order valence-electron chi connectivity index (χ4n) is 3.65. The first-order valence-electron chi connectivity index (χ1n) is 9.10. The van der Waals surface area contributed by atoms with E-state index in [1.54, 1.807) is 62.6 Å². The van der Waals surface area contributed by atoms with Crippen molar-refractivity contribution in [2.45, 2.75) is 39.0 Å². The van der Waals surface area contributed by atoms with Gasteiger partial charge in [-0.3, -0.25) is 19.4 Å². The van der Waals surface area contributed by atoms with Gasteiger partial charge >= 0.3 is 5.97 Å².